The van der Waals surface area contributed by atoms with Crippen molar-refractivity contribution in [2.45, 2.75) is 39.5 Å². The van der Waals surface area contributed by atoms with E-state index in [0.717, 1.165) is 45.3 Å². The fraction of sp³-hybridized carbons (Fsp3) is 1.00. The van der Waals surface area contributed by atoms with Gasteiger partial charge in [0.25, 0.3) is 0 Å². The molecule has 1 rings (SSSR count). The molecule has 102 valence electrons. The molecule has 1 fully saturated rings. The molecule has 1 aliphatic rings. The minimum Gasteiger partial charge on any atom is -0.380 e. The van der Waals surface area contributed by atoms with E-state index in [1.54, 1.807) is 0 Å². The molecular weight excluding hydrogens is 212 g/mol. The van der Waals surface area contributed by atoms with Gasteiger partial charge in [0.1, 0.15) is 0 Å². The summed E-state index contributed by atoms with van der Waals surface area (Å²) in [7, 11) is 0. The van der Waals surface area contributed by atoms with Crippen LogP contribution in [0.1, 0.15) is 39.5 Å². The maximum atomic E-state index is 5.39. The summed E-state index contributed by atoms with van der Waals surface area (Å²) >= 11 is 0. The molecule has 0 spiro atoms. The summed E-state index contributed by atoms with van der Waals surface area (Å²) in [6, 6.07) is 0. The first-order valence-electron chi connectivity index (χ1n) is 7.37. The largest absolute Gasteiger partial charge is 0.380 e. The van der Waals surface area contributed by atoms with Crippen molar-refractivity contribution in [2.75, 3.05) is 45.9 Å². The van der Waals surface area contributed by atoms with Crippen molar-refractivity contribution in [2.24, 2.45) is 5.92 Å². The van der Waals surface area contributed by atoms with Gasteiger partial charge in [-0.3, -0.25) is 0 Å². The molecule has 0 saturated heterocycles. The Morgan fingerprint density at radius 2 is 1.94 bits per heavy atom. The summed E-state index contributed by atoms with van der Waals surface area (Å²) in [5.41, 5.74) is 0. The molecule has 17 heavy (non-hydrogen) atoms. The molecule has 0 radical (unpaired) electrons. The van der Waals surface area contributed by atoms with Gasteiger partial charge in [-0.1, -0.05) is 19.8 Å². The molecule has 0 unspecified atom stereocenters. The van der Waals surface area contributed by atoms with Crippen LogP contribution < -0.4 is 5.32 Å². The van der Waals surface area contributed by atoms with Gasteiger partial charge in [0.05, 0.1) is 6.61 Å². The quantitative estimate of drug-likeness (QED) is 0.594. The average Bonchev–Trinajstić information content (AvgIpc) is 2.85. The van der Waals surface area contributed by atoms with Crippen molar-refractivity contribution < 1.29 is 4.74 Å². The third-order valence-corrected chi connectivity index (χ3v) is 3.72. The van der Waals surface area contributed by atoms with Crippen molar-refractivity contribution in [3.8, 4) is 0 Å². The molecule has 1 aliphatic carbocycles. The highest BCUT2D eigenvalue weighted by atomic mass is 16.5. The number of hydrogen-bond acceptors (Lipinski definition) is 3. The summed E-state index contributed by atoms with van der Waals surface area (Å²) in [5.74, 6) is 0.952. The second kappa shape index (κ2) is 9.86. The first-order valence-corrected chi connectivity index (χ1v) is 7.37. The molecule has 0 amide bonds. The zero-order valence-electron chi connectivity index (χ0n) is 11.7. The third-order valence-electron chi connectivity index (χ3n) is 3.72. The molecule has 0 heterocycles. The summed E-state index contributed by atoms with van der Waals surface area (Å²) in [6.07, 6.45) is 5.77. The molecule has 3 heteroatoms. The summed E-state index contributed by atoms with van der Waals surface area (Å²) in [6.45, 7) is 11.7. The molecule has 0 bridgehead atoms. The normalized spacial score (nSPS) is 17.1. The van der Waals surface area contributed by atoms with Gasteiger partial charge in [-0.05, 0) is 38.8 Å². The highest BCUT2D eigenvalue weighted by Crippen LogP contribution is 2.23. The lowest BCUT2D eigenvalue weighted by atomic mass is 10.1. The predicted octanol–water partition coefficient (Wildman–Crippen LogP) is 2.12. The monoisotopic (exact) mass is 242 g/mol. The fourth-order valence-corrected chi connectivity index (χ4v) is 2.52. The molecule has 3 nitrogen and oxygen atoms in total. The lowest BCUT2D eigenvalue weighted by Crippen LogP contribution is -2.35. The van der Waals surface area contributed by atoms with E-state index in [4.69, 9.17) is 4.74 Å². The maximum Gasteiger partial charge on any atom is 0.0593 e. The molecule has 0 aromatic rings. The zero-order chi connectivity index (χ0) is 12.3. The van der Waals surface area contributed by atoms with Crippen LogP contribution in [-0.4, -0.2) is 50.8 Å². The van der Waals surface area contributed by atoms with Crippen LogP contribution in [-0.2, 0) is 4.74 Å². The summed E-state index contributed by atoms with van der Waals surface area (Å²) in [4.78, 5) is 2.46. The van der Waals surface area contributed by atoms with Crippen molar-refractivity contribution in [3.63, 3.8) is 0 Å². The Hall–Kier alpha value is -0.120. The highest BCUT2D eigenvalue weighted by molar-refractivity contribution is 4.69. The fourth-order valence-electron chi connectivity index (χ4n) is 2.52. The number of likely N-dealkylation sites (N-methyl/N-ethyl adjacent to an activating group) is 1. The molecule has 0 aromatic carbocycles. The van der Waals surface area contributed by atoms with E-state index in [2.05, 4.69) is 24.1 Å². The lowest BCUT2D eigenvalue weighted by Gasteiger charge is -2.21. The molecular formula is C14H30N2O. The smallest absolute Gasteiger partial charge is 0.0593 e. The van der Waals surface area contributed by atoms with E-state index >= 15 is 0 Å². The Bertz CT molecular complexity index is 170. The minimum atomic E-state index is 0.831. The lowest BCUT2D eigenvalue weighted by molar-refractivity contribution is 0.115. The van der Waals surface area contributed by atoms with Gasteiger partial charge in [-0.2, -0.15) is 0 Å². The van der Waals surface area contributed by atoms with Gasteiger partial charge in [-0.25, -0.2) is 0 Å². The van der Waals surface area contributed by atoms with Crippen molar-refractivity contribution >= 4 is 0 Å². The van der Waals surface area contributed by atoms with Crippen LogP contribution in [0.2, 0.25) is 0 Å². The SMILES string of the molecule is CCOCCN(CC)CCNCC1CCCC1. The number of rotatable bonds is 10. The van der Waals surface area contributed by atoms with E-state index in [0.29, 0.717) is 0 Å². The van der Waals surface area contributed by atoms with E-state index in [1.807, 2.05) is 0 Å². The Morgan fingerprint density at radius 3 is 2.59 bits per heavy atom. The van der Waals surface area contributed by atoms with Gasteiger partial charge in [0.15, 0.2) is 0 Å². The standard InChI is InChI=1S/C14H30N2O/c1-3-16(11-12-17-4-2)10-9-15-13-14-7-5-6-8-14/h14-15H,3-13H2,1-2H3. The highest BCUT2D eigenvalue weighted by Gasteiger charge is 2.13. The second-order valence-corrected chi connectivity index (χ2v) is 4.99. The predicted molar refractivity (Wildman–Crippen MR) is 73.4 cm³/mol. The second-order valence-electron chi connectivity index (χ2n) is 4.99. The van der Waals surface area contributed by atoms with Crippen LogP contribution in [0.15, 0.2) is 0 Å². The molecule has 0 aromatic heterocycles. The average molecular weight is 242 g/mol. The summed E-state index contributed by atoms with van der Waals surface area (Å²) in [5, 5.41) is 3.60. The van der Waals surface area contributed by atoms with Crippen molar-refractivity contribution in [1.82, 2.24) is 10.2 Å². The Balaban J connectivity index is 1.94. The Morgan fingerprint density at radius 1 is 1.18 bits per heavy atom. The summed E-state index contributed by atoms with van der Waals surface area (Å²) < 4.78 is 5.39. The van der Waals surface area contributed by atoms with Gasteiger partial charge in [0, 0.05) is 26.2 Å². The Labute approximate surface area is 107 Å². The maximum absolute atomic E-state index is 5.39. The molecule has 0 atom stereocenters. The first-order chi connectivity index (χ1) is 8.36. The van der Waals surface area contributed by atoms with Crippen LogP contribution in [0.4, 0.5) is 0 Å². The van der Waals surface area contributed by atoms with E-state index < -0.39 is 0 Å². The Kier molecular flexibility index (Phi) is 8.67. The first kappa shape index (κ1) is 14.9. The van der Waals surface area contributed by atoms with E-state index in [-0.39, 0.29) is 0 Å². The number of ether oxygens (including phenoxy) is 1. The van der Waals surface area contributed by atoms with E-state index in [1.165, 1.54) is 32.2 Å². The molecule has 0 aliphatic heterocycles. The van der Waals surface area contributed by atoms with Crippen LogP contribution in [0, 0.1) is 5.92 Å². The van der Waals surface area contributed by atoms with Crippen molar-refractivity contribution in [3.05, 3.63) is 0 Å². The molecule has 1 N–H and O–H groups in total. The van der Waals surface area contributed by atoms with Gasteiger partial charge < -0.3 is 15.0 Å². The van der Waals surface area contributed by atoms with Crippen molar-refractivity contribution in [1.29, 1.82) is 0 Å². The van der Waals surface area contributed by atoms with Gasteiger partial charge in [-0.15, -0.1) is 0 Å². The number of nitrogens with one attached hydrogen (secondary N) is 1. The van der Waals surface area contributed by atoms with Crippen LogP contribution in [0.5, 0.6) is 0 Å². The van der Waals surface area contributed by atoms with Crippen LogP contribution in [0.3, 0.4) is 0 Å². The van der Waals surface area contributed by atoms with Crippen LogP contribution in [0.25, 0.3) is 0 Å². The topological polar surface area (TPSA) is 24.5 Å². The number of hydrogen-bond donors (Lipinski definition) is 1. The third kappa shape index (κ3) is 7.02. The zero-order valence-corrected chi connectivity index (χ0v) is 11.7. The minimum absolute atomic E-state index is 0.831. The molecule has 1 saturated carbocycles. The van der Waals surface area contributed by atoms with Gasteiger partial charge >= 0.3 is 0 Å². The van der Waals surface area contributed by atoms with E-state index in [9.17, 15) is 0 Å². The van der Waals surface area contributed by atoms with Crippen LogP contribution >= 0.6 is 0 Å². The van der Waals surface area contributed by atoms with Gasteiger partial charge in [0.2, 0.25) is 0 Å². The number of nitrogens with zero attached hydrogens (tertiary/aromatic N) is 1.